The first-order valence-electron chi connectivity index (χ1n) is 6.76. The third-order valence-corrected chi connectivity index (χ3v) is 3.46. The van der Waals surface area contributed by atoms with Crippen LogP contribution < -0.4 is 10.6 Å². The molecule has 22 heavy (non-hydrogen) atoms. The first kappa shape index (κ1) is 15.7. The molecule has 2 N–H and O–H groups in total. The fourth-order valence-corrected chi connectivity index (χ4v) is 2.60. The second-order valence-electron chi connectivity index (χ2n) is 5.13. The molecule has 1 aliphatic rings. The summed E-state index contributed by atoms with van der Waals surface area (Å²) < 4.78 is 5.04. The molecule has 0 radical (unpaired) electrons. The van der Waals surface area contributed by atoms with E-state index in [0.29, 0.717) is 5.56 Å². The molecule has 1 heterocycles. The molecular weight excluding hydrogens is 288 g/mol. The van der Waals surface area contributed by atoms with Crippen molar-refractivity contribution in [3.05, 3.63) is 35.9 Å². The van der Waals surface area contributed by atoms with Crippen molar-refractivity contribution in [2.24, 2.45) is 0 Å². The Bertz CT molecular complexity index is 606. The van der Waals surface area contributed by atoms with Gasteiger partial charge in [-0.3, -0.25) is 25.0 Å². The molecular formula is C15H16N2O5. The maximum absolute atomic E-state index is 12.4. The van der Waals surface area contributed by atoms with Crippen LogP contribution in [0.3, 0.4) is 0 Å². The van der Waals surface area contributed by atoms with Crippen LogP contribution in [0.25, 0.3) is 0 Å². The predicted molar refractivity (Wildman–Crippen MR) is 75.6 cm³/mol. The lowest BCUT2D eigenvalue weighted by Gasteiger charge is -2.35. The van der Waals surface area contributed by atoms with Crippen LogP contribution in [0.4, 0.5) is 4.79 Å². The molecule has 7 nitrogen and oxygen atoms in total. The van der Waals surface area contributed by atoms with Crippen LogP contribution in [-0.4, -0.2) is 29.9 Å². The van der Waals surface area contributed by atoms with Crippen LogP contribution in [0.2, 0.25) is 0 Å². The van der Waals surface area contributed by atoms with Crippen LogP contribution in [0, 0.1) is 0 Å². The molecule has 2 rings (SSSR count). The first-order valence-corrected chi connectivity index (χ1v) is 6.76. The van der Waals surface area contributed by atoms with Gasteiger partial charge in [0, 0.05) is 13.3 Å². The zero-order valence-electron chi connectivity index (χ0n) is 12.2. The van der Waals surface area contributed by atoms with Crippen molar-refractivity contribution in [3.63, 3.8) is 0 Å². The Morgan fingerprint density at radius 3 is 2.18 bits per heavy atom. The molecule has 1 aromatic rings. The van der Waals surface area contributed by atoms with Crippen LogP contribution in [0.15, 0.2) is 30.3 Å². The van der Waals surface area contributed by atoms with E-state index in [4.69, 9.17) is 4.74 Å². The molecule has 7 heteroatoms. The number of esters is 1. The summed E-state index contributed by atoms with van der Waals surface area (Å²) in [4.78, 5) is 47.2. The van der Waals surface area contributed by atoms with E-state index in [-0.39, 0.29) is 6.42 Å². The third-order valence-electron chi connectivity index (χ3n) is 3.46. The molecule has 1 aliphatic heterocycles. The number of nitrogens with one attached hydrogen (secondary N) is 2. The normalized spacial score (nSPS) is 18.2. The quantitative estimate of drug-likeness (QED) is 0.627. The second-order valence-corrected chi connectivity index (χ2v) is 5.13. The van der Waals surface area contributed by atoms with Gasteiger partial charge in [0.25, 0.3) is 0 Å². The van der Waals surface area contributed by atoms with Crippen LogP contribution in [-0.2, 0) is 24.5 Å². The summed E-state index contributed by atoms with van der Waals surface area (Å²) in [5.74, 6) is -1.97. The van der Waals surface area contributed by atoms with Gasteiger partial charge < -0.3 is 4.74 Å². The monoisotopic (exact) mass is 304 g/mol. The van der Waals surface area contributed by atoms with Crippen LogP contribution in [0.1, 0.15) is 25.8 Å². The van der Waals surface area contributed by atoms with E-state index in [1.54, 1.807) is 37.3 Å². The average Bonchev–Trinajstić information content (AvgIpc) is 2.43. The average molecular weight is 304 g/mol. The Labute approximate surface area is 127 Å². The highest BCUT2D eigenvalue weighted by Crippen LogP contribution is 2.32. The molecule has 0 aromatic heterocycles. The number of hydrogen-bond donors (Lipinski definition) is 2. The molecule has 0 bridgehead atoms. The van der Waals surface area contributed by atoms with E-state index in [2.05, 4.69) is 10.6 Å². The van der Waals surface area contributed by atoms with Crippen molar-refractivity contribution < 1.29 is 23.9 Å². The number of carbonyl (C=O) groups is 4. The van der Waals surface area contributed by atoms with E-state index in [0.717, 1.165) is 0 Å². The lowest BCUT2D eigenvalue weighted by molar-refractivity contribution is -0.150. The van der Waals surface area contributed by atoms with Crippen molar-refractivity contribution in [1.29, 1.82) is 0 Å². The van der Waals surface area contributed by atoms with Gasteiger partial charge >= 0.3 is 12.0 Å². The number of hydrogen-bond acceptors (Lipinski definition) is 5. The smallest absolute Gasteiger partial charge is 0.328 e. The fourth-order valence-electron chi connectivity index (χ4n) is 2.60. The van der Waals surface area contributed by atoms with Gasteiger partial charge in [-0.1, -0.05) is 30.3 Å². The highest BCUT2D eigenvalue weighted by molar-refractivity contribution is 6.22. The molecule has 1 atom stereocenters. The number of imide groups is 2. The molecule has 1 unspecified atom stereocenters. The summed E-state index contributed by atoms with van der Waals surface area (Å²) in [6.07, 6.45) is -0.746. The number of ether oxygens (including phenoxy) is 1. The molecule has 116 valence electrons. The van der Waals surface area contributed by atoms with E-state index in [1.165, 1.54) is 6.92 Å². The van der Waals surface area contributed by atoms with E-state index < -0.39 is 35.3 Å². The zero-order valence-corrected chi connectivity index (χ0v) is 12.2. The lowest BCUT2D eigenvalue weighted by atomic mass is 9.73. The summed E-state index contributed by atoms with van der Waals surface area (Å²) in [6, 6.07) is 7.50. The standard InChI is InChI=1S/C15H16N2O5/c1-9(22-10(2)18)8-15(11-6-4-3-5-7-11)12(19)16-14(21)17-13(15)20/h3-7,9H,8H2,1-2H3,(H2,16,17,19,20,21). The van der Waals surface area contributed by atoms with Gasteiger partial charge in [-0.05, 0) is 12.5 Å². The first-order chi connectivity index (χ1) is 10.4. The number of amides is 4. The van der Waals surface area contributed by atoms with Crippen molar-refractivity contribution >= 4 is 23.8 Å². The van der Waals surface area contributed by atoms with Crippen LogP contribution >= 0.6 is 0 Å². The van der Waals surface area contributed by atoms with E-state index in [9.17, 15) is 19.2 Å². The third kappa shape index (κ3) is 2.83. The van der Waals surface area contributed by atoms with E-state index >= 15 is 0 Å². The summed E-state index contributed by atoms with van der Waals surface area (Å²) in [5, 5.41) is 4.21. The highest BCUT2D eigenvalue weighted by Gasteiger charge is 2.52. The highest BCUT2D eigenvalue weighted by atomic mass is 16.5. The van der Waals surface area contributed by atoms with Gasteiger partial charge in [0.1, 0.15) is 6.10 Å². The van der Waals surface area contributed by atoms with Crippen molar-refractivity contribution in [1.82, 2.24) is 10.6 Å². The molecule has 1 saturated heterocycles. The summed E-state index contributed by atoms with van der Waals surface area (Å²) in [7, 11) is 0. The Morgan fingerprint density at radius 2 is 1.68 bits per heavy atom. The summed E-state index contributed by atoms with van der Waals surface area (Å²) >= 11 is 0. The Hall–Kier alpha value is -2.70. The largest absolute Gasteiger partial charge is 0.463 e. The molecule has 1 aromatic carbocycles. The molecule has 0 spiro atoms. The molecule has 0 saturated carbocycles. The SMILES string of the molecule is CC(=O)OC(C)CC1(c2ccccc2)C(=O)NC(=O)NC1=O. The second kappa shape index (κ2) is 5.97. The van der Waals surface area contributed by atoms with Gasteiger partial charge in [0.2, 0.25) is 11.8 Å². The van der Waals surface area contributed by atoms with Gasteiger partial charge in [-0.25, -0.2) is 4.79 Å². The van der Waals surface area contributed by atoms with Crippen molar-refractivity contribution in [2.75, 3.05) is 0 Å². The molecule has 4 amide bonds. The molecule has 0 aliphatic carbocycles. The van der Waals surface area contributed by atoms with Gasteiger partial charge in [-0.15, -0.1) is 0 Å². The molecule has 1 fully saturated rings. The summed E-state index contributed by atoms with van der Waals surface area (Å²) in [5.41, 5.74) is -1.19. The lowest BCUT2D eigenvalue weighted by Crippen LogP contribution is -2.65. The Balaban J connectivity index is 2.45. The van der Waals surface area contributed by atoms with Crippen molar-refractivity contribution in [2.45, 2.75) is 31.8 Å². The number of benzene rings is 1. The Morgan fingerprint density at radius 1 is 1.14 bits per heavy atom. The minimum absolute atomic E-state index is 0.0679. The van der Waals surface area contributed by atoms with Gasteiger partial charge in [0.15, 0.2) is 5.41 Å². The maximum atomic E-state index is 12.4. The van der Waals surface area contributed by atoms with E-state index in [1.807, 2.05) is 0 Å². The minimum atomic E-state index is -1.62. The van der Waals surface area contributed by atoms with Crippen molar-refractivity contribution in [3.8, 4) is 0 Å². The fraction of sp³-hybridized carbons (Fsp3) is 0.333. The predicted octanol–water partition coefficient (Wildman–Crippen LogP) is 0.632. The number of barbiturate groups is 1. The number of urea groups is 1. The maximum Gasteiger partial charge on any atom is 0.328 e. The minimum Gasteiger partial charge on any atom is -0.463 e. The van der Waals surface area contributed by atoms with Gasteiger partial charge in [0.05, 0.1) is 0 Å². The van der Waals surface area contributed by atoms with Gasteiger partial charge in [-0.2, -0.15) is 0 Å². The number of carbonyl (C=O) groups excluding carboxylic acids is 4. The number of rotatable bonds is 4. The zero-order chi connectivity index (χ0) is 16.3. The van der Waals surface area contributed by atoms with Crippen LogP contribution in [0.5, 0.6) is 0 Å². The Kier molecular flexibility index (Phi) is 4.25. The summed E-state index contributed by atoms with van der Waals surface area (Å²) in [6.45, 7) is 2.83. The topological polar surface area (TPSA) is 102 Å².